The molecule has 108 valence electrons. The molecule has 0 radical (unpaired) electrons. The van der Waals surface area contributed by atoms with Crippen LogP contribution in [0.5, 0.6) is 5.75 Å². The first-order valence-electron chi connectivity index (χ1n) is 7.00. The molecule has 20 heavy (non-hydrogen) atoms. The Morgan fingerprint density at radius 2 is 2.10 bits per heavy atom. The Morgan fingerprint density at radius 3 is 2.70 bits per heavy atom. The minimum absolute atomic E-state index is 0.474. The summed E-state index contributed by atoms with van der Waals surface area (Å²) in [6, 6.07) is 6.32. The van der Waals surface area contributed by atoms with E-state index in [1.165, 1.54) is 11.1 Å². The Labute approximate surface area is 120 Å². The molecule has 0 unspecified atom stereocenters. The van der Waals surface area contributed by atoms with Crippen molar-refractivity contribution in [1.82, 2.24) is 10.2 Å². The number of rotatable bonds is 5. The summed E-state index contributed by atoms with van der Waals surface area (Å²) in [6.45, 7) is 6.98. The quantitative estimate of drug-likeness (QED) is 0.880. The van der Waals surface area contributed by atoms with Crippen molar-refractivity contribution in [3.63, 3.8) is 0 Å². The zero-order chi connectivity index (χ0) is 14.7. The molecule has 0 aliphatic carbocycles. The summed E-state index contributed by atoms with van der Waals surface area (Å²) >= 11 is 0. The van der Waals surface area contributed by atoms with Crippen LogP contribution in [0.1, 0.15) is 36.6 Å². The third-order valence-corrected chi connectivity index (χ3v) is 3.62. The number of methoxy groups -OCH3 is 1. The molecule has 1 aromatic carbocycles. The lowest BCUT2D eigenvalue weighted by atomic mass is 9.97. The number of hydrogen-bond acceptors (Lipinski definition) is 3. The van der Waals surface area contributed by atoms with Gasteiger partial charge in [0.05, 0.1) is 12.8 Å². The summed E-state index contributed by atoms with van der Waals surface area (Å²) in [4.78, 5) is 0. The van der Waals surface area contributed by atoms with Crippen molar-refractivity contribution in [3.05, 3.63) is 35.0 Å². The van der Waals surface area contributed by atoms with Gasteiger partial charge in [-0.2, -0.15) is 5.10 Å². The maximum Gasteiger partial charge on any atom is 0.128 e. The maximum absolute atomic E-state index is 5.70. The van der Waals surface area contributed by atoms with Gasteiger partial charge in [0.25, 0.3) is 0 Å². The van der Waals surface area contributed by atoms with Gasteiger partial charge in [-0.3, -0.25) is 5.10 Å². The first kappa shape index (κ1) is 14.6. The first-order valence-corrected chi connectivity index (χ1v) is 7.00. The molecule has 4 heteroatoms. The molecule has 2 rings (SSSR count). The molecule has 1 aromatic heterocycles. The molecule has 0 saturated heterocycles. The number of hydrogen-bond donors (Lipinski definition) is 2. The van der Waals surface area contributed by atoms with Crippen LogP contribution in [0.4, 0.5) is 0 Å². The summed E-state index contributed by atoms with van der Waals surface area (Å²) in [7, 11) is 1.70. The molecular formula is C16H23N3O. The Balaban J connectivity index is 2.52. The van der Waals surface area contributed by atoms with Gasteiger partial charge >= 0.3 is 0 Å². The zero-order valence-electron chi connectivity index (χ0n) is 12.7. The average Bonchev–Trinajstić information content (AvgIpc) is 2.80. The standard InChI is InChI=1S/C16H23N3O/c1-10(2)12-5-6-14(15(9-12)20-4)16-13(7-8-17)11(3)18-19-16/h5-6,9-10H,7-8,17H2,1-4H3,(H,18,19). The molecular weight excluding hydrogens is 250 g/mol. The van der Waals surface area contributed by atoms with E-state index in [0.29, 0.717) is 12.5 Å². The molecule has 0 spiro atoms. The number of benzene rings is 1. The number of ether oxygens (including phenoxy) is 1. The molecule has 1 heterocycles. The van der Waals surface area contributed by atoms with Gasteiger partial charge in [0.1, 0.15) is 5.75 Å². The number of H-pyrrole nitrogens is 1. The van der Waals surface area contributed by atoms with E-state index in [1.54, 1.807) is 7.11 Å². The second-order valence-corrected chi connectivity index (χ2v) is 5.33. The molecule has 3 N–H and O–H groups in total. The van der Waals surface area contributed by atoms with E-state index >= 15 is 0 Å². The van der Waals surface area contributed by atoms with E-state index in [1.807, 2.05) is 6.92 Å². The largest absolute Gasteiger partial charge is 0.496 e. The molecule has 0 fully saturated rings. The van der Waals surface area contributed by atoms with Crippen LogP contribution in [-0.4, -0.2) is 23.9 Å². The van der Waals surface area contributed by atoms with Gasteiger partial charge in [0.15, 0.2) is 0 Å². The molecule has 0 bridgehead atoms. The molecule has 0 aliphatic rings. The Bertz CT molecular complexity index is 587. The number of nitrogens with two attached hydrogens (primary N) is 1. The van der Waals surface area contributed by atoms with Gasteiger partial charge < -0.3 is 10.5 Å². The van der Waals surface area contributed by atoms with Gasteiger partial charge in [-0.05, 0) is 43.5 Å². The van der Waals surface area contributed by atoms with Crippen molar-refractivity contribution >= 4 is 0 Å². The fourth-order valence-corrected chi connectivity index (χ4v) is 2.39. The fourth-order valence-electron chi connectivity index (χ4n) is 2.39. The highest BCUT2D eigenvalue weighted by molar-refractivity contribution is 5.71. The second kappa shape index (κ2) is 6.09. The van der Waals surface area contributed by atoms with Crippen LogP contribution in [0.15, 0.2) is 18.2 Å². The number of aromatic nitrogens is 2. The highest BCUT2D eigenvalue weighted by atomic mass is 16.5. The lowest BCUT2D eigenvalue weighted by Crippen LogP contribution is -2.04. The third-order valence-electron chi connectivity index (χ3n) is 3.62. The van der Waals surface area contributed by atoms with Crippen LogP contribution in [0.25, 0.3) is 11.3 Å². The summed E-state index contributed by atoms with van der Waals surface area (Å²) in [6.07, 6.45) is 0.812. The molecule has 0 atom stereocenters. The van der Waals surface area contributed by atoms with E-state index in [-0.39, 0.29) is 0 Å². The molecule has 2 aromatic rings. The number of nitrogens with one attached hydrogen (secondary N) is 1. The molecule has 4 nitrogen and oxygen atoms in total. The normalized spacial score (nSPS) is 11.1. The maximum atomic E-state index is 5.70. The lowest BCUT2D eigenvalue weighted by Gasteiger charge is -2.12. The van der Waals surface area contributed by atoms with Gasteiger partial charge in [-0.25, -0.2) is 0 Å². The van der Waals surface area contributed by atoms with Gasteiger partial charge in [0, 0.05) is 16.8 Å². The van der Waals surface area contributed by atoms with Gasteiger partial charge in [0.2, 0.25) is 0 Å². The molecule has 0 saturated carbocycles. The predicted octanol–water partition coefficient (Wildman–Crippen LogP) is 3.02. The summed E-state index contributed by atoms with van der Waals surface area (Å²) in [5.41, 5.74) is 11.2. The zero-order valence-corrected chi connectivity index (χ0v) is 12.7. The van der Waals surface area contributed by atoms with Crippen molar-refractivity contribution in [2.24, 2.45) is 5.73 Å². The van der Waals surface area contributed by atoms with E-state index in [9.17, 15) is 0 Å². The van der Waals surface area contributed by atoms with E-state index in [2.05, 4.69) is 42.2 Å². The smallest absolute Gasteiger partial charge is 0.128 e. The van der Waals surface area contributed by atoms with E-state index < -0.39 is 0 Å². The van der Waals surface area contributed by atoms with E-state index in [0.717, 1.165) is 29.1 Å². The van der Waals surface area contributed by atoms with Crippen molar-refractivity contribution in [2.75, 3.05) is 13.7 Å². The monoisotopic (exact) mass is 273 g/mol. The third kappa shape index (κ3) is 2.70. The summed E-state index contributed by atoms with van der Waals surface area (Å²) < 4.78 is 5.55. The van der Waals surface area contributed by atoms with E-state index in [4.69, 9.17) is 10.5 Å². The first-order chi connectivity index (χ1) is 9.58. The molecule has 0 aliphatic heterocycles. The van der Waals surface area contributed by atoms with Gasteiger partial charge in [-0.15, -0.1) is 0 Å². The van der Waals surface area contributed by atoms with Crippen molar-refractivity contribution in [1.29, 1.82) is 0 Å². The van der Waals surface area contributed by atoms with Crippen LogP contribution >= 0.6 is 0 Å². The van der Waals surface area contributed by atoms with Crippen LogP contribution in [-0.2, 0) is 6.42 Å². The predicted molar refractivity (Wildman–Crippen MR) is 82.2 cm³/mol. The summed E-state index contributed by atoms with van der Waals surface area (Å²) in [5, 5.41) is 7.48. The number of nitrogens with zero attached hydrogens (tertiary/aromatic N) is 1. The number of aromatic amines is 1. The molecule has 0 amide bonds. The highest BCUT2D eigenvalue weighted by Gasteiger charge is 2.16. The van der Waals surface area contributed by atoms with Crippen molar-refractivity contribution in [2.45, 2.75) is 33.1 Å². The highest BCUT2D eigenvalue weighted by Crippen LogP contribution is 2.34. The van der Waals surface area contributed by atoms with Crippen LogP contribution < -0.4 is 10.5 Å². The second-order valence-electron chi connectivity index (χ2n) is 5.33. The Kier molecular flexibility index (Phi) is 4.45. The van der Waals surface area contributed by atoms with Crippen LogP contribution in [0.2, 0.25) is 0 Å². The van der Waals surface area contributed by atoms with Crippen LogP contribution in [0.3, 0.4) is 0 Å². The Hall–Kier alpha value is -1.81. The van der Waals surface area contributed by atoms with Crippen LogP contribution in [0, 0.1) is 6.92 Å². The lowest BCUT2D eigenvalue weighted by molar-refractivity contribution is 0.415. The minimum atomic E-state index is 0.474. The summed E-state index contributed by atoms with van der Waals surface area (Å²) in [5.74, 6) is 1.34. The number of aryl methyl sites for hydroxylation is 1. The van der Waals surface area contributed by atoms with Gasteiger partial charge in [-0.1, -0.05) is 19.9 Å². The van der Waals surface area contributed by atoms with Crippen molar-refractivity contribution in [3.8, 4) is 17.0 Å². The fraction of sp³-hybridized carbons (Fsp3) is 0.438. The average molecular weight is 273 g/mol. The SMILES string of the molecule is COc1cc(C(C)C)ccc1-c1n[nH]c(C)c1CCN. The topological polar surface area (TPSA) is 63.9 Å². The minimum Gasteiger partial charge on any atom is -0.496 e. The van der Waals surface area contributed by atoms with Crippen molar-refractivity contribution < 1.29 is 4.74 Å². The Morgan fingerprint density at radius 1 is 1.35 bits per heavy atom.